The lowest BCUT2D eigenvalue weighted by Gasteiger charge is -2.38. The zero-order valence-electron chi connectivity index (χ0n) is 16.4. The molecule has 1 amide bonds. The Labute approximate surface area is 174 Å². The van der Waals surface area contributed by atoms with Crippen molar-refractivity contribution in [3.05, 3.63) is 53.8 Å². The van der Waals surface area contributed by atoms with Crippen molar-refractivity contribution >= 4 is 23.0 Å². The third-order valence-electron chi connectivity index (χ3n) is 5.34. The first kappa shape index (κ1) is 21.0. The van der Waals surface area contributed by atoms with E-state index in [0.29, 0.717) is 29.6 Å². The number of aromatic nitrogens is 1. The van der Waals surface area contributed by atoms with Gasteiger partial charge in [0.2, 0.25) is 0 Å². The number of benzene rings is 2. The summed E-state index contributed by atoms with van der Waals surface area (Å²) in [7, 11) is 1.32. The van der Waals surface area contributed by atoms with Gasteiger partial charge in [-0.3, -0.25) is 4.79 Å². The SMILES string of the molecule is COc1ccc(C2CCN(c3nc4ccccc4o3)CC2NC(=O)C(F)(F)F)cc1F. The van der Waals surface area contributed by atoms with Gasteiger partial charge in [0.05, 0.1) is 13.2 Å². The third kappa shape index (κ3) is 4.28. The molecule has 10 heteroatoms. The predicted molar refractivity (Wildman–Crippen MR) is 105 cm³/mol. The summed E-state index contributed by atoms with van der Waals surface area (Å²) >= 11 is 0. The first-order valence-corrected chi connectivity index (χ1v) is 9.58. The van der Waals surface area contributed by atoms with Crippen LogP contribution in [0.5, 0.6) is 5.75 Å². The number of hydrogen-bond acceptors (Lipinski definition) is 5. The van der Waals surface area contributed by atoms with Gasteiger partial charge in [0, 0.05) is 19.0 Å². The summed E-state index contributed by atoms with van der Waals surface area (Å²) in [5, 5.41) is 2.06. The molecule has 4 rings (SSSR count). The molecule has 1 aliphatic rings. The minimum absolute atomic E-state index is 0.0208. The lowest BCUT2D eigenvalue weighted by molar-refractivity contribution is -0.174. The fourth-order valence-corrected chi connectivity index (χ4v) is 3.83. The van der Waals surface area contributed by atoms with E-state index in [1.165, 1.54) is 19.2 Å². The molecule has 1 aromatic heterocycles. The molecular formula is C21H19F4N3O3. The number of alkyl halides is 3. The second-order valence-corrected chi connectivity index (χ2v) is 7.28. The van der Waals surface area contributed by atoms with Gasteiger partial charge in [0.25, 0.3) is 6.01 Å². The van der Waals surface area contributed by atoms with Crippen molar-refractivity contribution in [2.24, 2.45) is 0 Å². The van der Waals surface area contributed by atoms with Crippen molar-refractivity contribution < 1.29 is 31.5 Å². The highest BCUT2D eigenvalue weighted by Gasteiger charge is 2.42. The number of carbonyl (C=O) groups excluding carboxylic acids is 1. The topological polar surface area (TPSA) is 67.6 Å². The van der Waals surface area contributed by atoms with Gasteiger partial charge in [-0.15, -0.1) is 0 Å². The van der Waals surface area contributed by atoms with E-state index in [1.54, 1.807) is 35.2 Å². The molecular weight excluding hydrogens is 418 g/mol. The number of para-hydroxylation sites is 2. The number of hydrogen-bond donors (Lipinski definition) is 1. The van der Waals surface area contributed by atoms with Crippen LogP contribution in [0.1, 0.15) is 17.9 Å². The first-order chi connectivity index (χ1) is 14.8. The molecule has 6 nitrogen and oxygen atoms in total. The van der Waals surface area contributed by atoms with E-state index in [-0.39, 0.29) is 18.3 Å². The number of methoxy groups -OCH3 is 1. The Morgan fingerprint density at radius 3 is 2.71 bits per heavy atom. The molecule has 1 fully saturated rings. The smallest absolute Gasteiger partial charge is 0.471 e. The average Bonchev–Trinajstić information content (AvgIpc) is 3.17. The van der Waals surface area contributed by atoms with Gasteiger partial charge in [-0.05, 0) is 36.2 Å². The van der Waals surface area contributed by atoms with Crippen molar-refractivity contribution in [3.8, 4) is 5.75 Å². The first-order valence-electron chi connectivity index (χ1n) is 9.58. The molecule has 3 aromatic rings. The van der Waals surface area contributed by atoms with E-state index in [1.807, 2.05) is 0 Å². The number of rotatable bonds is 4. The van der Waals surface area contributed by atoms with E-state index < -0.39 is 29.9 Å². The van der Waals surface area contributed by atoms with Crippen LogP contribution in [0.15, 0.2) is 46.9 Å². The van der Waals surface area contributed by atoms with Crippen LogP contribution < -0.4 is 15.0 Å². The van der Waals surface area contributed by atoms with Crippen molar-refractivity contribution in [1.29, 1.82) is 0 Å². The number of anilines is 1. The second kappa shape index (κ2) is 8.09. The Kier molecular flexibility index (Phi) is 5.47. The maximum absolute atomic E-state index is 14.2. The fourth-order valence-electron chi connectivity index (χ4n) is 3.83. The monoisotopic (exact) mass is 437 g/mol. The van der Waals surface area contributed by atoms with Gasteiger partial charge < -0.3 is 19.4 Å². The number of halogens is 4. The molecule has 0 aliphatic carbocycles. The molecule has 2 atom stereocenters. The van der Waals surface area contributed by atoms with Gasteiger partial charge in [-0.1, -0.05) is 18.2 Å². The Morgan fingerprint density at radius 2 is 2.03 bits per heavy atom. The molecule has 1 aliphatic heterocycles. The summed E-state index contributed by atoms with van der Waals surface area (Å²) in [6.07, 6.45) is -4.68. The highest BCUT2D eigenvalue weighted by Crippen LogP contribution is 2.34. The van der Waals surface area contributed by atoms with Crippen LogP contribution in [-0.2, 0) is 4.79 Å². The summed E-state index contributed by atoms with van der Waals surface area (Å²) in [6.45, 7) is 0.427. The fraction of sp³-hybridized carbons (Fsp3) is 0.333. The Bertz CT molecular complexity index is 1070. The number of amides is 1. The van der Waals surface area contributed by atoms with Crippen LogP contribution in [0.3, 0.4) is 0 Å². The summed E-state index contributed by atoms with van der Waals surface area (Å²) in [5.74, 6) is -3.17. The summed E-state index contributed by atoms with van der Waals surface area (Å²) in [5.41, 5.74) is 1.64. The van der Waals surface area contributed by atoms with Crippen LogP contribution in [-0.4, -0.2) is 43.3 Å². The molecule has 0 spiro atoms. The van der Waals surface area contributed by atoms with Crippen LogP contribution in [0, 0.1) is 5.82 Å². The van der Waals surface area contributed by atoms with Gasteiger partial charge >= 0.3 is 12.1 Å². The minimum atomic E-state index is -5.03. The Morgan fingerprint density at radius 1 is 1.26 bits per heavy atom. The normalized spacial score (nSPS) is 19.5. The Hall–Kier alpha value is -3.30. The molecule has 164 valence electrons. The van der Waals surface area contributed by atoms with E-state index in [2.05, 4.69) is 10.3 Å². The number of nitrogens with one attached hydrogen (secondary N) is 1. The quantitative estimate of drug-likeness (QED) is 0.625. The highest BCUT2D eigenvalue weighted by atomic mass is 19.4. The molecule has 0 bridgehead atoms. The molecule has 2 heterocycles. The lowest BCUT2D eigenvalue weighted by atomic mass is 9.85. The standard InChI is InChI=1S/C21H19F4N3O3/c1-30-17-7-6-12(10-14(17)22)13-8-9-28(11-16(13)26-19(29)21(23,24)25)20-27-15-4-2-3-5-18(15)31-20/h2-7,10,13,16H,8-9,11H2,1H3,(H,26,29). The zero-order valence-corrected chi connectivity index (χ0v) is 16.4. The molecule has 31 heavy (non-hydrogen) atoms. The van der Waals surface area contributed by atoms with Gasteiger partial charge in [0.15, 0.2) is 17.1 Å². The number of carbonyl (C=O) groups is 1. The highest BCUT2D eigenvalue weighted by molar-refractivity contribution is 5.82. The van der Waals surface area contributed by atoms with Crippen molar-refractivity contribution in [3.63, 3.8) is 0 Å². The predicted octanol–water partition coefficient (Wildman–Crippen LogP) is 4.02. The number of ether oxygens (including phenoxy) is 1. The van der Waals surface area contributed by atoms with Crippen LogP contribution in [0.25, 0.3) is 11.1 Å². The lowest BCUT2D eigenvalue weighted by Crippen LogP contribution is -2.54. The van der Waals surface area contributed by atoms with Gasteiger partial charge in [-0.2, -0.15) is 18.2 Å². The number of fused-ring (bicyclic) bond motifs is 1. The Balaban J connectivity index is 1.63. The molecule has 1 N–H and O–H groups in total. The van der Waals surface area contributed by atoms with Crippen LogP contribution >= 0.6 is 0 Å². The molecule has 1 saturated heterocycles. The zero-order chi connectivity index (χ0) is 22.2. The molecule has 2 aromatic carbocycles. The van der Waals surface area contributed by atoms with Crippen molar-refractivity contribution in [1.82, 2.24) is 10.3 Å². The van der Waals surface area contributed by atoms with E-state index in [4.69, 9.17) is 9.15 Å². The number of nitrogens with zero attached hydrogens (tertiary/aromatic N) is 2. The summed E-state index contributed by atoms with van der Waals surface area (Å²) in [4.78, 5) is 17.7. The third-order valence-corrected chi connectivity index (χ3v) is 5.34. The number of piperidine rings is 1. The van der Waals surface area contributed by atoms with Crippen molar-refractivity contribution in [2.75, 3.05) is 25.1 Å². The van der Waals surface area contributed by atoms with Crippen LogP contribution in [0.4, 0.5) is 23.6 Å². The van der Waals surface area contributed by atoms with E-state index in [0.717, 1.165) is 0 Å². The molecule has 2 unspecified atom stereocenters. The number of oxazole rings is 1. The van der Waals surface area contributed by atoms with E-state index >= 15 is 0 Å². The molecule has 0 radical (unpaired) electrons. The molecule has 0 saturated carbocycles. The largest absolute Gasteiger partial charge is 0.494 e. The van der Waals surface area contributed by atoms with Gasteiger partial charge in [0.1, 0.15) is 5.52 Å². The summed E-state index contributed by atoms with van der Waals surface area (Å²) in [6, 6.07) is 10.6. The maximum atomic E-state index is 14.2. The van der Waals surface area contributed by atoms with Crippen molar-refractivity contribution in [2.45, 2.75) is 24.6 Å². The maximum Gasteiger partial charge on any atom is 0.471 e. The van der Waals surface area contributed by atoms with Gasteiger partial charge in [-0.25, -0.2) is 4.39 Å². The van der Waals surface area contributed by atoms with E-state index in [9.17, 15) is 22.4 Å². The average molecular weight is 437 g/mol. The summed E-state index contributed by atoms with van der Waals surface area (Å²) < 4.78 is 63.6. The van der Waals surface area contributed by atoms with Crippen LogP contribution in [0.2, 0.25) is 0 Å². The second-order valence-electron chi connectivity index (χ2n) is 7.28. The minimum Gasteiger partial charge on any atom is -0.494 e.